The van der Waals surface area contributed by atoms with Crippen molar-refractivity contribution in [1.82, 2.24) is 4.98 Å². The van der Waals surface area contributed by atoms with Crippen LogP contribution in [0.3, 0.4) is 0 Å². The lowest BCUT2D eigenvalue weighted by atomic mass is 10.0. The van der Waals surface area contributed by atoms with Gasteiger partial charge in [-0.15, -0.1) is 0 Å². The molecule has 2 aliphatic rings. The van der Waals surface area contributed by atoms with Crippen LogP contribution in [-0.4, -0.2) is 25.4 Å². The summed E-state index contributed by atoms with van der Waals surface area (Å²) in [6.45, 7) is 1.88. The molecule has 1 aromatic heterocycles. The average molecular weight is 452 g/mol. The average Bonchev–Trinajstić information content (AvgIpc) is 3.32. The molecule has 32 heavy (non-hydrogen) atoms. The lowest BCUT2D eigenvalue weighted by Crippen LogP contribution is -2.40. The minimum atomic E-state index is -4.23. The van der Waals surface area contributed by atoms with Crippen LogP contribution < -0.4 is 10.0 Å². The van der Waals surface area contributed by atoms with E-state index < -0.39 is 20.7 Å². The minimum Gasteiger partial charge on any atom is -0.309 e. The molecule has 1 amide bonds. The smallest absolute Gasteiger partial charge is 0.241 e. The van der Waals surface area contributed by atoms with E-state index in [0.29, 0.717) is 30.5 Å². The molecule has 5 rings (SSSR count). The summed E-state index contributed by atoms with van der Waals surface area (Å²) in [6.07, 6.45) is 3.42. The number of carbonyl (C=O) groups is 1. The molecule has 0 spiro atoms. The maximum atomic E-state index is 14.3. The first-order valence-electron chi connectivity index (χ1n) is 10.4. The zero-order valence-corrected chi connectivity index (χ0v) is 18.3. The van der Waals surface area contributed by atoms with Gasteiger partial charge in [0, 0.05) is 29.4 Å². The van der Waals surface area contributed by atoms with Gasteiger partial charge in [0.1, 0.15) is 10.7 Å². The van der Waals surface area contributed by atoms with Crippen molar-refractivity contribution in [3.8, 4) is 11.3 Å². The zero-order valence-electron chi connectivity index (χ0n) is 17.5. The summed E-state index contributed by atoms with van der Waals surface area (Å²) in [5.74, 6) is -1.23. The van der Waals surface area contributed by atoms with Crippen LogP contribution in [0.25, 0.3) is 11.3 Å². The van der Waals surface area contributed by atoms with Crippen LogP contribution in [0.1, 0.15) is 23.6 Å². The Morgan fingerprint density at radius 2 is 1.84 bits per heavy atom. The fourth-order valence-electron chi connectivity index (χ4n) is 4.85. The molecule has 6 nitrogen and oxygen atoms in total. The third-order valence-electron chi connectivity index (χ3n) is 6.34. The number of sulfonamides is 1. The van der Waals surface area contributed by atoms with Gasteiger partial charge in [-0.25, -0.2) is 17.9 Å². The fourth-order valence-corrected chi connectivity index (χ4v) is 5.46. The van der Waals surface area contributed by atoms with E-state index in [4.69, 9.17) is 5.14 Å². The predicted molar refractivity (Wildman–Crippen MR) is 119 cm³/mol. The van der Waals surface area contributed by atoms with Crippen LogP contribution in [0.5, 0.6) is 0 Å². The van der Waals surface area contributed by atoms with Gasteiger partial charge in [-0.3, -0.25) is 9.78 Å². The van der Waals surface area contributed by atoms with Crippen molar-refractivity contribution < 1.29 is 17.6 Å². The molecule has 0 radical (unpaired) electrons. The molecule has 2 N–H and O–H groups in total. The monoisotopic (exact) mass is 451 g/mol. The summed E-state index contributed by atoms with van der Waals surface area (Å²) in [4.78, 5) is 19.0. The molecule has 2 aromatic carbocycles. The Kier molecular flexibility index (Phi) is 4.87. The number of pyridine rings is 1. The molecule has 1 aliphatic carbocycles. The number of nitrogens with two attached hydrogens (primary N) is 1. The Morgan fingerprint density at radius 3 is 2.56 bits per heavy atom. The van der Waals surface area contributed by atoms with Crippen molar-refractivity contribution in [3.63, 3.8) is 0 Å². The Bertz CT molecular complexity index is 1340. The number of anilines is 1. The van der Waals surface area contributed by atoms with Crippen LogP contribution in [0.2, 0.25) is 0 Å². The van der Waals surface area contributed by atoms with Crippen LogP contribution in [0.15, 0.2) is 59.6 Å². The van der Waals surface area contributed by atoms with E-state index in [9.17, 15) is 17.6 Å². The molecule has 0 saturated heterocycles. The number of fused-ring (bicyclic) bond motifs is 2. The van der Waals surface area contributed by atoms with Crippen molar-refractivity contribution in [3.05, 3.63) is 77.2 Å². The summed E-state index contributed by atoms with van der Waals surface area (Å²) < 4.78 is 37.9. The first-order valence-corrected chi connectivity index (χ1v) is 12.0. The highest BCUT2D eigenvalue weighted by atomic mass is 32.2. The van der Waals surface area contributed by atoms with Gasteiger partial charge < -0.3 is 4.90 Å². The first-order chi connectivity index (χ1) is 15.2. The maximum Gasteiger partial charge on any atom is 0.241 e. The van der Waals surface area contributed by atoms with Crippen molar-refractivity contribution in [2.45, 2.75) is 37.1 Å². The highest BCUT2D eigenvalue weighted by Gasteiger charge is 2.38. The van der Waals surface area contributed by atoms with E-state index in [1.807, 2.05) is 37.3 Å². The molecule has 3 aromatic rings. The summed E-state index contributed by atoms with van der Waals surface area (Å²) in [5.41, 5.74) is 5.17. The summed E-state index contributed by atoms with van der Waals surface area (Å²) in [5, 5.41) is 5.17. The maximum absolute atomic E-state index is 14.3. The summed E-state index contributed by atoms with van der Waals surface area (Å²) in [7, 11) is -4.23. The lowest BCUT2D eigenvalue weighted by molar-refractivity contribution is -0.122. The van der Waals surface area contributed by atoms with Crippen molar-refractivity contribution in [2.75, 3.05) is 4.90 Å². The molecule has 2 heterocycles. The Hall–Kier alpha value is -3.10. The number of carbonyl (C=O) groups excluding carboxylic acids is 1. The largest absolute Gasteiger partial charge is 0.309 e. The lowest BCUT2D eigenvalue weighted by Gasteiger charge is -2.26. The highest BCUT2D eigenvalue weighted by molar-refractivity contribution is 7.89. The van der Waals surface area contributed by atoms with Crippen LogP contribution >= 0.6 is 0 Å². The number of benzene rings is 2. The normalized spacial score (nSPS) is 19.7. The van der Waals surface area contributed by atoms with Crippen molar-refractivity contribution in [1.29, 1.82) is 0 Å². The number of nitrogens with zero attached hydrogens (tertiary/aromatic N) is 2. The van der Waals surface area contributed by atoms with Crippen molar-refractivity contribution in [2.24, 2.45) is 11.1 Å². The Labute approximate surface area is 185 Å². The molecule has 164 valence electrons. The van der Waals surface area contributed by atoms with Gasteiger partial charge in [-0.2, -0.15) is 0 Å². The second-order valence-corrected chi connectivity index (χ2v) is 10.1. The number of hydrogen-bond donors (Lipinski definition) is 1. The number of amides is 1. The van der Waals surface area contributed by atoms with Gasteiger partial charge >= 0.3 is 0 Å². The van der Waals surface area contributed by atoms with Gasteiger partial charge in [0.05, 0.1) is 5.69 Å². The Morgan fingerprint density at radius 1 is 1.06 bits per heavy atom. The minimum absolute atomic E-state index is 0.0844. The third kappa shape index (κ3) is 3.49. The number of primary sulfonamides is 1. The Balaban J connectivity index is 1.44. The molecular weight excluding hydrogens is 429 g/mol. The number of aromatic nitrogens is 1. The third-order valence-corrected chi connectivity index (χ3v) is 7.27. The summed E-state index contributed by atoms with van der Waals surface area (Å²) >= 11 is 0. The van der Waals surface area contributed by atoms with E-state index in [2.05, 4.69) is 11.1 Å². The topological polar surface area (TPSA) is 93.4 Å². The number of halogens is 1. The molecule has 0 saturated carbocycles. The molecule has 0 fully saturated rings. The first kappa shape index (κ1) is 20.8. The summed E-state index contributed by atoms with van der Waals surface area (Å²) in [6, 6.07) is 14.1. The highest BCUT2D eigenvalue weighted by Crippen LogP contribution is 2.39. The second kappa shape index (κ2) is 7.50. The predicted octanol–water partition coefficient (Wildman–Crippen LogP) is 3.23. The van der Waals surface area contributed by atoms with Gasteiger partial charge in [-0.1, -0.05) is 18.2 Å². The molecule has 0 unspecified atom stereocenters. The zero-order chi connectivity index (χ0) is 22.6. The van der Waals surface area contributed by atoms with Gasteiger partial charge in [-0.05, 0) is 73.2 Å². The molecule has 1 aliphatic heterocycles. The number of hydrogen-bond acceptors (Lipinski definition) is 4. The van der Waals surface area contributed by atoms with Gasteiger partial charge in [0.15, 0.2) is 0 Å². The standard InChI is InChI=1S/C24H22FN3O3S/c1-14-8-18-12-20(25)23(32(26,30)31)13-22(18)28(14)24(29)19-9-15-5-6-16(10-17(15)11-19)21-4-2-3-7-27-21/h2-7,10,12-14,19H,8-9,11H2,1H3,(H2,26,30,31)/t14-,19+/m1/s1. The van der Waals surface area contributed by atoms with E-state index in [1.165, 1.54) is 12.1 Å². The van der Waals surface area contributed by atoms with E-state index in [-0.39, 0.29) is 17.9 Å². The quantitative estimate of drug-likeness (QED) is 0.662. The molecule has 0 bridgehead atoms. The number of rotatable bonds is 3. The van der Waals surface area contributed by atoms with Gasteiger partial charge in [0.25, 0.3) is 0 Å². The molecule has 2 atom stereocenters. The van der Waals surface area contributed by atoms with Crippen molar-refractivity contribution >= 4 is 21.6 Å². The second-order valence-electron chi connectivity index (χ2n) is 8.52. The van der Waals surface area contributed by atoms with Crippen LogP contribution in [0, 0.1) is 11.7 Å². The van der Waals surface area contributed by atoms with Crippen LogP contribution in [0.4, 0.5) is 10.1 Å². The van der Waals surface area contributed by atoms with Crippen LogP contribution in [-0.2, 0) is 34.1 Å². The van der Waals surface area contributed by atoms with Gasteiger partial charge in [0.2, 0.25) is 15.9 Å². The SMILES string of the molecule is C[C@@H]1Cc2cc(F)c(S(N)(=O)=O)cc2N1C(=O)[C@H]1Cc2ccc(-c3ccccn3)cc2C1. The fraction of sp³-hybridized carbons (Fsp3) is 0.250. The molecular formula is C24H22FN3O3S. The van der Waals surface area contributed by atoms with E-state index in [0.717, 1.165) is 22.4 Å². The molecule has 8 heteroatoms. The van der Waals surface area contributed by atoms with E-state index >= 15 is 0 Å². The van der Waals surface area contributed by atoms with E-state index in [1.54, 1.807) is 11.1 Å².